The number of carbonyl (C=O) groups is 2. The van der Waals surface area contributed by atoms with E-state index in [1.807, 2.05) is 0 Å². The molecule has 0 heterocycles. The lowest BCUT2D eigenvalue weighted by atomic mass is 9.77. The summed E-state index contributed by atoms with van der Waals surface area (Å²) in [4.78, 5) is 24.6. The molecule has 0 spiro atoms. The number of halogens is 1. The molecule has 2 rings (SSSR count). The molecule has 1 aromatic carbocycles. The van der Waals surface area contributed by atoms with Gasteiger partial charge in [0, 0.05) is 12.6 Å². The van der Waals surface area contributed by atoms with Crippen LogP contribution in [0, 0.1) is 5.82 Å². The molecule has 1 N–H and O–H groups in total. The van der Waals surface area contributed by atoms with Crippen LogP contribution in [-0.4, -0.2) is 35.5 Å². The Morgan fingerprint density at radius 1 is 1.30 bits per heavy atom. The molecule has 1 saturated carbocycles. The third kappa shape index (κ3) is 2.53. The normalized spacial score (nSPS) is 16.9. The van der Waals surface area contributed by atoms with Gasteiger partial charge in [0.1, 0.15) is 12.4 Å². The molecular formula is C15H18FNO3. The highest BCUT2D eigenvalue weighted by Crippen LogP contribution is 2.43. The molecule has 4 nitrogen and oxygen atoms in total. The van der Waals surface area contributed by atoms with Crippen LogP contribution >= 0.6 is 0 Å². The van der Waals surface area contributed by atoms with Crippen molar-refractivity contribution in [3.8, 4) is 0 Å². The third-order valence-corrected chi connectivity index (χ3v) is 3.98. The number of hydrogen-bond acceptors (Lipinski definition) is 2. The molecule has 1 amide bonds. The minimum atomic E-state index is -1.07. The molecule has 0 aromatic heterocycles. The van der Waals surface area contributed by atoms with Crippen LogP contribution in [-0.2, 0) is 15.0 Å². The van der Waals surface area contributed by atoms with E-state index < -0.39 is 17.2 Å². The SMILES string of the molecule is CN(CC(=O)O)C(=O)C1(c2ccccc2F)CCCC1. The minimum Gasteiger partial charge on any atom is -0.480 e. The zero-order valence-electron chi connectivity index (χ0n) is 11.4. The average molecular weight is 279 g/mol. The molecule has 5 heteroatoms. The fraction of sp³-hybridized carbons (Fsp3) is 0.467. The van der Waals surface area contributed by atoms with Crippen LogP contribution in [0.1, 0.15) is 31.2 Å². The molecule has 1 aliphatic rings. The van der Waals surface area contributed by atoms with Gasteiger partial charge in [-0.25, -0.2) is 4.39 Å². The standard InChI is InChI=1S/C15H18FNO3/c1-17(10-13(18)19)14(20)15(8-4-5-9-15)11-6-2-3-7-12(11)16/h2-3,6-7H,4-5,8-10H2,1H3,(H,18,19). The van der Waals surface area contributed by atoms with Gasteiger partial charge >= 0.3 is 5.97 Å². The molecule has 0 radical (unpaired) electrons. The maximum Gasteiger partial charge on any atom is 0.323 e. The zero-order valence-corrected chi connectivity index (χ0v) is 11.4. The summed E-state index contributed by atoms with van der Waals surface area (Å²) in [6, 6.07) is 6.28. The van der Waals surface area contributed by atoms with E-state index in [-0.39, 0.29) is 12.5 Å². The summed E-state index contributed by atoms with van der Waals surface area (Å²) >= 11 is 0. The maximum atomic E-state index is 14.1. The van der Waals surface area contributed by atoms with Gasteiger partial charge in [0.2, 0.25) is 5.91 Å². The van der Waals surface area contributed by atoms with E-state index in [2.05, 4.69) is 0 Å². The number of hydrogen-bond donors (Lipinski definition) is 1. The van der Waals surface area contributed by atoms with Gasteiger partial charge in [-0.2, -0.15) is 0 Å². The van der Waals surface area contributed by atoms with Gasteiger partial charge in [-0.1, -0.05) is 31.0 Å². The lowest BCUT2D eigenvalue weighted by molar-refractivity contribution is -0.146. The van der Waals surface area contributed by atoms with Crippen molar-refractivity contribution in [3.63, 3.8) is 0 Å². The average Bonchev–Trinajstić information content (AvgIpc) is 2.88. The number of aliphatic carboxylic acids is 1. The first-order chi connectivity index (χ1) is 9.47. The predicted octanol–water partition coefficient (Wildman–Crippen LogP) is 2.18. The number of benzene rings is 1. The highest BCUT2D eigenvalue weighted by molar-refractivity contribution is 5.90. The van der Waals surface area contributed by atoms with E-state index in [0.717, 1.165) is 12.8 Å². The summed E-state index contributed by atoms with van der Waals surface area (Å²) in [6.07, 6.45) is 2.83. The van der Waals surface area contributed by atoms with E-state index >= 15 is 0 Å². The van der Waals surface area contributed by atoms with Gasteiger partial charge in [-0.05, 0) is 18.9 Å². The monoisotopic (exact) mass is 279 g/mol. The molecule has 0 aliphatic heterocycles. The Morgan fingerprint density at radius 3 is 2.45 bits per heavy atom. The van der Waals surface area contributed by atoms with Crippen molar-refractivity contribution in [1.82, 2.24) is 4.90 Å². The lowest BCUT2D eigenvalue weighted by Crippen LogP contribution is -2.45. The molecule has 20 heavy (non-hydrogen) atoms. The van der Waals surface area contributed by atoms with E-state index in [9.17, 15) is 14.0 Å². The Kier molecular flexibility index (Phi) is 4.06. The number of likely N-dealkylation sites (N-methyl/N-ethyl adjacent to an activating group) is 1. The summed E-state index contributed by atoms with van der Waals surface area (Å²) in [5.74, 6) is -1.77. The van der Waals surface area contributed by atoms with E-state index in [4.69, 9.17) is 5.11 Å². The number of amides is 1. The predicted molar refractivity (Wildman–Crippen MR) is 71.8 cm³/mol. The van der Waals surface area contributed by atoms with E-state index in [1.165, 1.54) is 18.0 Å². The van der Waals surface area contributed by atoms with E-state index in [0.29, 0.717) is 18.4 Å². The van der Waals surface area contributed by atoms with Crippen LogP contribution in [0.4, 0.5) is 4.39 Å². The second kappa shape index (κ2) is 5.61. The number of carboxylic acids is 1. The van der Waals surface area contributed by atoms with Gasteiger partial charge in [-0.3, -0.25) is 9.59 Å². The number of nitrogens with zero attached hydrogens (tertiary/aromatic N) is 1. The summed E-state index contributed by atoms with van der Waals surface area (Å²) in [5, 5.41) is 8.82. The van der Waals surface area contributed by atoms with Crippen molar-refractivity contribution < 1.29 is 19.1 Å². The largest absolute Gasteiger partial charge is 0.480 e. The van der Waals surface area contributed by atoms with Crippen LogP contribution in [0.3, 0.4) is 0 Å². The molecule has 0 bridgehead atoms. The number of carbonyl (C=O) groups excluding carboxylic acids is 1. The fourth-order valence-electron chi connectivity index (χ4n) is 3.07. The molecule has 108 valence electrons. The zero-order chi connectivity index (χ0) is 14.8. The second-order valence-electron chi connectivity index (χ2n) is 5.32. The second-order valence-corrected chi connectivity index (χ2v) is 5.32. The topological polar surface area (TPSA) is 57.6 Å². The molecule has 0 saturated heterocycles. The first-order valence-electron chi connectivity index (χ1n) is 6.70. The van der Waals surface area contributed by atoms with Crippen molar-refractivity contribution >= 4 is 11.9 Å². The van der Waals surface area contributed by atoms with Crippen LogP contribution in [0.15, 0.2) is 24.3 Å². The van der Waals surface area contributed by atoms with Crippen LogP contribution < -0.4 is 0 Å². The molecule has 1 fully saturated rings. The van der Waals surface area contributed by atoms with Gasteiger partial charge in [0.25, 0.3) is 0 Å². The van der Waals surface area contributed by atoms with Crippen LogP contribution in [0.25, 0.3) is 0 Å². The minimum absolute atomic E-state index is 0.303. The van der Waals surface area contributed by atoms with Gasteiger partial charge in [0.15, 0.2) is 0 Å². The number of rotatable bonds is 4. The van der Waals surface area contributed by atoms with Crippen molar-refractivity contribution in [2.45, 2.75) is 31.1 Å². The first-order valence-corrected chi connectivity index (χ1v) is 6.70. The molecule has 1 aromatic rings. The highest BCUT2D eigenvalue weighted by atomic mass is 19.1. The Bertz CT molecular complexity index is 524. The summed E-state index contributed by atoms with van der Waals surface area (Å²) in [5.41, 5.74) is -0.519. The molecule has 1 aliphatic carbocycles. The quantitative estimate of drug-likeness (QED) is 0.919. The van der Waals surface area contributed by atoms with Crippen molar-refractivity contribution in [2.75, 3.05) is 13.6 Å². The molecular weight excluding hydrogens is 261 g/mol. The van der Waals surface area contributed by atoms with Crippen LogP contribution in [0.5, 0.6) is 0 Å². The summed E-state index contributed by atoms with van der Waals surface area (Å²) in [6.45, 7) is -0.366. The van der Waals surface area contributed by atoms with Gasteiger partial charge in [0.05, 0.1) is 5.41 Å². The van der Waals surface area contributed by atoms with Crippen LogP contribution in [0.2, 0.25) is 0 Å². The van der Waals surface area contributed by atoms with Crippen molar-refractivity contribution in [1.29, 1.82) is 0 Å². The van der Waals surface area contributed by atoms with Crippen molar-refractivity contribution in [3.05, 3.63) is 35.6 Å². The Balaban J connectivity index is 2.38. The number of carboxylic acid groups (broad SMARTS) is 1. The smallest absolute Gasteiger partial charge is 0.323 e. The molecule has 0 atom stereocenters. The Morgan fingerprint density at radius 2 is 1.90 bits per heavy atom. The van der Waals surface area contributed by atoms with Gasteiger partial charge < -0.3 is 10.0 Å². The van der Waals surface area contributed by atoms with E-state index in [1.54, 1.807) is 18.2 Å². The Hall–Kier alpha value is -1.91. The first kappa shape index (κ1) is 14.5. The maximum absolute atomic E-state index is 14.1. The summed E-state index contributed by atoms with van der Waals surface area (Å²) < 4.78 is 14.1. The fourth-order valence-corrected chi connectivity index (χ4v) is 3.07. The highest BCUT2D eigenvalue weighted by Gasteiger charge is 2.45. The summed E-state index contributed by atoms with van der Waals surface area (Å²) in [7, 11) is 1.46. The van der Waals surface area contributed by atoms with Gasteiger partial charge in [-0.15, -0.1) is 0 Å². The third-order valence-electron chi connectivity index (χ3n) is 3.98. The lowest BCUT2D eigenvalue weighted by Gasteiger charge is -2.32. The van der Waals surface area contributed by atoms with Crippen molar-refractivity contribution in [2.24, 2.45) is 0 Å². The molecule has 0 unspecified atom stereocenters. The Labute approximate surface area is 117 Å².